The van der Waals surface area contributed by atoms with Gasteiger partial charge in [-0.2, -0.15) is 0 Å². The Morgan fingerprint density at radius 2 is 1.95 bits per heavy atom. The minimum absolute atomic E-state index is 0.0474. The highest BCUT2D eigenvalue weighted by Gasteiger charge is 2.30. The van der Waals surface area contributed by atoms with Crippen LogP contribution >= 0.6 is 0 Å². The number of nitrogens with zero attached hydrogens (tertiary/aromatic N) is 2. The number of rotatable bonds is 5. The van der Waals surface area contributed by atoms with Crippen molar-refractivity contribution >= 4 is 23.3 Å². The lowest BCUT2D eigenvalue weighted by atomic mass is 10.0. The molecule has 21 heavy (non-hydrogen) atoms. The molecule has 0 aliphatic carbocycles. The van der Waals surface area contributed by atoms with E-state index in [0.717, 1.165) is 6.07 Å². The van der Waals surface area contributed by atoms with E-state index in [1.807, 2.05) is 0 Å². The highest BCUT2D eigenvalue weighted by molar-refractivity contribution is 5.95. The first kappa shape index (κ1) is 16.4. The fourth-order valence-corrected chi connectivity index (χ4v) is 1.87. The predicted molar refractivity (Wildman–Crippen MR) is 76.3 cm³/mol. The summed E-state index contributed by atoms with van der Waals surface area (Å²) in [6, 6.07) is 3.64. The molecule has 0 saturated heterocycles. The molecule has 1 aromatic rings. The van der Waals surface area contributed by atoms with Crippen LogP contribution in [-0.4, -0.2) is 34.0 Å². The molecule has 8 nitrogen and oxygen atoms in total. The van der Waals surface area contributed by atoms with Crippen LogP contribution in [0.3, 0.4) is 0 Å². The lowest BCUT2D eigenvalue weighted by Crippen LogP contribution is -2.45. The molecule has 0 radical (unpaired) electrons. The quantitative estimate of drug-likeness (QED) is 0.624. The molecular formula is C13H17N3O5. The van der Waals surface area contributed by atoms with Gasteiger partial charge in [0.1, 0.15) is 12.2 Å². The fourth-order valence-electron chi connectivity index (χ4n) is 1.87. The third-order valence-corrected chi connectivity index (χ3v) is 2.85. The molecule has 114 valence electrons. The molecule has 0 atom stereocenters. The molecule has 1 amide bonds. The first-order valence-corrected chi connectivity index (χ1v) is 6.11. The number of carboxylic acid groups (broad SMARTS) is 1. The van der Waals surface area contributed by atoms with Gasteiger partial charge in [-0.25, -0.2) is 0 Å². The van der Waals surface area contributed by atoms with Crippen LogP contribution in [0.1, 0.15) is 31.1 Å². The topological polar surface area (TPSA) is 127 Å². The van der Waals surface area contributed by atoms with Gasteiger partial charge in [0.05, 0.1) is 4.92 Å². The number of carbonyl (C=O) groups is 2. The summed E-state index contributed by atoms with van der Waals surface area (Å²) in [5.41, 5.74) is 4.33. The first-order valence-electron chi connectivity index (χ1n) is 6.11. The zero-order chi connectivity index (χ0) is 16.4. The molecule has 0 saturated carbocycles. The highest BCUT2D eigenvalue weighted by Crippen LogP contribution is 2.33. The van der Waals surface area contributed by atoms with E-state index in [4.69, 9.17) is 10.8 Å². The Labute approximate surface area is 121 Å². The van der Waals surface area contributed by atoms with Crippen molar-refractivity contribution in [3.8, 4) is 0 Å². The molecule has 0 heterocycles. The second-order valence-corrected chi connectivity index (χ2v) is 5.48. The van der Waals surface area contributed by atoms with Gasteiger partial charge < -0.3 is 15.7 Å². The van der Waals surface area contributed by atoms with E-state index in [1.165, 1.54) is 17.0 Å². The van der Waals surface area contributed by atoms with Crippen molar-refractivity contribution in [2.24, 2.45) is 5.73 Å². The maximum absolute atomic E-state index is 11.2. The van der Waals surface area contributed by atoms with Gasteiger partial charge in [-0.3, -0.25) is 19.7 Å². The lowest BCUT2D eigenvalue weighted by Gasteiger charge is -2.36. The maximum Gasteiger partial charge on any atom is 0.323 e. The zero-order valence-electron chi connectivity index (χ0n) is 12.0. The van der Waals surface area contributed by atoms with Crippen LogP contribution in [0.4, 0.5) is 11.4 Å². The molecule has 1 aromatic carbocycles. The monoisotopic (exact) mass is 295 g/mol. The smallest absolute Gasteiger partial charge is 0.323 e. The summed E-state index contributed by atoms with van der Waals surface area (Å²) < 4.78 is 0. The van der Waals surface area contributed by atoms with Gasteiger partial charge >= 0.3 is 5.97 Å². The number of nitro groups is 1. The molecule has 0 aromatic heterocycles. The van der Waals surface area contributed by atoms with Crippen LogP contribution in [0.5, 0.6) is 0 Å². The molecule has 3 N–H and O–H groups in total. The first-order chi connectivity index (χ1) is 9.54. The molecule has 0 unspecified atom stereocenters. The van der Waals surface area contributed by atoms with Crippen molar-refractivity contribution in [2.45, 2.75) is 26.3 Å². The highest BCUT2D eigenvalue weighted by atomic mass is 16.6. The van der Waals surface area contributed by atoms with Gasteiger partial charge in [-0.1, -0.05) is 0 Å². The number of carboxylic acids is 1. The predicted octanol–water partition coefficient (Wildman–Crippen LogP) is 1.38. The van der Waals surface area contributed by atoms with Crippen molar-refractivity contribution in [2.75, 3.05) is 11.4 Å². The number of nitrogens with two attached hydrogens (primary N) is 1. The molecule has 0 fully saturated rings. The van der Waals surface area contributed by atoms with Gasteiger partial charge in [0, 0.05) is 17.2 Å². The minimum Gasteiger partial charge on any atom is -0.480 e. The van der Waals surface area contributed by atoms with Crippen LogP contribution in [0.2, 0.25) is 0 Å². The van der Waals surface area contributed by atoms with Crippen LogP contribution in [0.15, 0.2) is 18.2 Å². The zero-order valence-corrected chi connectivity index (χ0v) is 12.0. The molecule has 8 heteroatoms. The van der Waals surface area contributed by atoms with Gasteiger partial charge in [-0.05, 0) is 32.9 Å². The van der Waals surface area contributed by atoms with Crippen molar-refractivity contribution in [3.05, 3.63) is 33.9 Å². The second-order valence-electron chi connectivity index (χ2n) is 5.48. The van der Waals surface area contributed by atoms with Crippen LogP contribution < -0.4 is 10.6 Å². The molecule has 0 aliphatic heterocycles. The second kappa shape index (κ2) is 5.78. The third-order valence-electron chi connectivity index (χ3n) is 2.85. The van der Waals surface area contributed by atoms with Crippen molar-refractivity contribution in [3.63, 3.8) is 0 Å². The van der Waals surface area contributed by atoms with Gasteiger partial charge in [0.2, 0.25) is 5.91 Å². The number of primary amides is 1. The van der Waals surface area contributed by atoms with Crippen LogP contribution in [-0.2, 0) is 4.79 Å². The molecule has 0 bridgehead atoms. The van der Waals surface area contributed by atoms with E-state index >= 15 is 0 Å². The summed E-state index contributed by atoms with van der Waals surface area (Å²) in [5.74, 6) is -1.88. The van der Waals surface area contributed by atoms with E-state index in [0.29, 0.717) is 0 Å². The summed E-state index contributed by atoms with van der Waals surface area (Å²) in [6.07, 6.45) is 0. The van der Waals surface area contributed by atoms with E-state index in [9.17, 15) is 19.7 Å². The summed E-state index contributed by atoms with van der Waals surface area (Å²) in [4.78, 5) is 34.1. The summed E-state index contributed by atoms with van der Waals surface area (Å²) in [6.45, 7) is 4.72. The molecule has 0 spiro atoms. The lowest BCUT2D eigenvalue weighted by molar-refractivity contribution is -0.384. The minimum atomic E-state index is -1.14. The summed E-state index contributed by atoms with van der Waals surface area (Å²) in [7, 11) is 0. The Bertz CT molecular complexity index is 592. The van der Waals surface area contributed by atoms with Crippen molar-refractivity contribution in [1.29, 1.82) is 0 Å². The average Bonchev–Trinajstić information content (AvgIpc) is 2.33. The summed E-state index contributed by atoms with van der Waals surface area (Å²) >= 11 is 0. The Morgan fingerprint density at radius 1 is 1.38 bits per heavy atom. The third kappa shape index (κ3) is 3.91. The van der Waals surface area contributed by atoms with Gasteiger partial charge in [0.25, 0.3) is 5.69 Å². The van der Waals surface area contributed by atoms with Crippen molar-refractivity contribution in [1.82, 2.24) is 0 Å². The fraction of sp³-hybridized carbons (Fsp3) is 0.385. The normalized spacial score (nSPS) is 11.0. The largest absolute Gasteiger partial charge is 0.480 e. The van der Waals surface area contributed by atoms with Crippen LogP contribution in [0.25, 0.3) is 0 Å². The Morgan fingerprint density at radius 3 is 2.33 bits per heavy atom. The summed E-state index contributed by atoms with van der Waals surface area (Å²) in [5, 5.41) is 20.1. The number of nitro benzene ring substituents is 1. The Kier molecular flexibility index (Phi) is 4.52. The van der Waals surface area contributed by atoms with E-state index in [-0.39, 0.29) is 16.9 Å². The number of benzene rings is 1. The number of carbonyl (C=O) groups excluding carboxylic acids is 1. The van der Waals surface area contributed by atoms with E-state index in [2.05, 4.69) is 0 Å². The van der Waals surface area contributed by atoms with Gasteiger partial charge in [-0.15, -0.1) is 0 Å². The standard InChI is InChI=1S/C13H17N3O5/c1-13(2,3)15(7-11(17)18)10-6-8(12(14)19)4-5-9(10)16(20)21/h4-6H,7H2,1-3H3,(H2,14,19)(H,17,18). The number of amides is 1. The molecular weight excluding hydrogens is 278 g/mol. The Hall–Kier alpha value is -2.64. The average molecular weight is 295 g/mol. The molecule has 1 rings (SSSR count). The van der Waals surface area contributed by atoms with E-state index < -0.39 is 28.9 Å². The number of anilines is 1. The number of hydrogen-bond donors (Lipinski definition) is 2. The van der Waals surface area contributed by atoms with Crippen molar-refractivity contribution < 1.29 is 19.6 Å². The number of hydrogen-bond acceptors (Lipinski definition) is 5. The Balaban J connectivity index is 3.52. The molecule has 0 aliphatic rings. The number of aliphatic carboxylic acids is 1. The maximum atomic E-state index is 11.2. The van der Waals surface area contributed by atoms with E-state index in [1.54, 1.807) is 20.8 Å². The SMILES string of the molecule is CC(C)(C)N(CC(=O)O)c1cc(C(N)=O)ccc1[N+](=O)[O-]. The van der Waals surface area contributed by atoms with Gasteiger partial charge in [0.15, 0.2) is 0 Å². The van der Waals surface area contributed by atoms with Crippen LogP contribution in [0, 0.1) is 10.1 Å².